The number of anilines is 1. The molecule has 0 amide bonds. The zero-order valence-electron chi connectivity index (χ0n) is 10.8. The number of nitrogens with one attached hydrogen (secondary N) is 1. The molecule has 0 bridgehead atoms. The summed E-state index contributed by atoms with van der Waals surface area (Å²) in [5, 5.41) is 0. The number of methoxy groups -OCH3 is 2. The normalized spacial score (nSPS) is 9.79. The van der Waals surface area contributed by atoms with Gasteiger partial charge in [0, 0.05) is 12.1 Å². The first-order valence-electron chi connectivity index (χ1n) is 5.75. The van der Waals surface area contributed by atoms with E-state index in [1.807, 2.05) is 0 Å². The molecule has 2 rings (SSSR count). The summed E-state index contributed by atoms with van der Waals surface area (Å²) in [6.07, 6.45) is 0. The molecule has 5 nitrogen and oxygen atoms in total. The Balaban J connectivity index is 2.06. The fourth-order valence-corrected chi connectivity index (χ4v) is 1.56. The van der Waals surface area contributed by atoms with E-state index in [0.29, 0.717) is 22.0 Å². The van der Waals surface area contributed by atoms with Crippen molar-refractivity contribution in [2.24, 2.45) is 0 Å². The molecule has 0 heterocycles. The van der Waals surface area contributed by atoms with Crippen LogP contribution in [0.3, 0.4) is 0 Å². The average molecular weight is 259 g/mol. The number of hydrogen-bond acceptors (Lipinski definition) is 3. The Hall–Kier alpha value is -2.56. The van der Waals surface area contributed by atoms with Crippen molar-refractivity contribution in [3.63, 3.8) is 0 Å². The molecule has 98 valence electrons. The van der Waals surface area contributed by atoms with Crippen LogP contribution in [-0.4, -0.2) is 19.1 Å². The van der Waals surface area contributed by atoms with Crippen LogP contribution in [-0.2, 0) is 0 Å². The Morgan fingerprint density at radius 2 is 1.32 bits per heavy atom. The van der Waals surface area contributed by atoms with Crippen LogP contribution in [0.4, 0.5) is 11.4 Å². The number of hydrogen-bond donors (Lipinski definition) is 1. The van der Waals surface area contributed by atoms with Crippen LogP contribution in [0.25, 0.3) is 0 Å². The van der Waals surface area contributed by atoms with E-state index in [2.05, 4.69) is 5.43 Å². The monoisotopic (exact) mass is 259 g/mol. The maximum atomic E-state index is 11.9. The predicted molar refractivity (Wildman–Crippen MR) is 72.9 cm³/mol. The number of nitroso groups, excluding NO2 is 1. The van der Waals surface area contributed by atoms with E-state index in [4.69, 9.17) is 9.47 Å². The third-order valence-electron chi connectivity index (χ3n) is 2.63. The maximum absolute atomic E-state index is 11.9. The van der Waals surface area contributed by atoms with Crippen molar-refractivity contribution in [2.75, 3.05) is 19.6 Å². The molecule has 5 heteroatoms. The third-order valence-corrected chi connectivity index (χ3v) is 2.63. The number of rotatable bonds is 5. The lowest BCUT2D eigenvalue weighted by atomic mass is 10.3. The molecule has 2 aromatic carbocycles. The Bertz CT molecular complexity index is 550. The minimum Gasteiger partial charge on any atom is -0.497 e. The molecule has 0 fully saturated rings. The lowest BCUT2D eigenvalue weighted by Gasteiger charge is -2.01. The average Bonchev–Trinajstić information content (AvgIpc) is 2.48. The highest BCUT2D eigenvalue weighted by atomic mass is 16.5. The second-order valence-corrected chi connectivity index (χ2v) is 3.83. The van der Waals surface area contributed by atoms with Gasteiger partial charge in [0.1, 0.15) is 17.2 Å². The third kappa shape index (κ3) is 3.22. The van der Waals surface area contributed by atoms with Crippen molar-refractivity contribution < 1.29 is 14.3 Å². The van der Waals surface area contributed by atoms with Gasteiger partial charge in [-0.25, -0.2) is 0 Å². The first kappa shape index (κ1) is 12.9. The molecule has 2 aromatic rings. The van der Waals surface area contributed by atoms with Gasteiger partial charge >= 0.3 is 0 Å². The molecular formula is C14H15N2O3+. The summed E-state index contributed by atoms with van der Waals surface area (Å²) in [7, 11) is 3.18. The van der Waals surface area contributed by atoms with E-state index < -0.39 is 0 Å². The van der Waals surface area contributed by atoms with Crippen molar-refractivity contribution in [1.29, 1.82) is 0 Å². The standard InChI is InChI=1S/C14H15N2O3/c1-18-13-7-3-11(4-8-13)15-16(17)12-5-9-14(19-2)10-6-12/h3-10H,1-2H3,(H,15,17)/q+1. The molecule has 0 spiro atoms. The number of nitrogens with zero attached hydrogens (tertiary/aromatic N) is 1. The number of hydrazine groups is 1. The van der Waals surface area contributed by atoms with E-state index >= 15 is 0 Å². The van der Waals surface area contributed by atoms with Crippen LogP contribution < -0.4 is 14.9 Å². The highest BCUT2D eigenvalue weighted by Crippen LogP contribution is 2.20. The van der Waals surface area contributed by atoms with Gasteiger partial charge in [-0.15, -0.1) is 5.43 Å². The lowest BCUT2D eigenvalue weighted by molar-refractivity contribution is -0.427. The van der Waals surface area contributed by atoms with Crippen LogP contribution in [0.15, 0.2) is 48.5 Å². The summed E-state index contributed by atoms with van der Waals surface area (Å²) in [5.74, 6) is 1.45. The molecule has 0 saturated heterocycles. The fraction of sp³-hybridized carbons (Fsp3) is 0.143. The summed E-state index contributed by atoms with van der Waals surface area (Å²) in [6, 6.07) is 13.9. The minimum absolute atomic E-state index is 0.497. The highest BCUT2D eigenvalue weighted by Gasteiger charge is 2.13. The lowest BCUT2D eigenvalue weighted by Crippen LogP contribution is -2.09. The molecule has 0 radical (unpaired) electrons. The Morgan fingerprint density at radius 3 is 1.79 bits per heavy atom. The molecule has 0 aliphatic rings. The van der Waals surface area contributed by atoms with E-state index in [-0.39, 0.29) is 0 Å². The van der Waals surface area contributed by atoms with Crippen LogP contribution in [0.2, 0.25) is 0 Å². The smallest absolute Gasteiger partial charge is 0.292 e. The van der Waals surface area contributed by atoms with Gasteiger partial charge in [0.25, 0.3) is 5.69 Å². The Morgan fingerprint density at radius 1 is 0.842 bits per heavy atom. The van der Waals surface area contributed by atoms with Gasteiger partial charge in [-0.2, -0.15) is 0 Å². The summed E-state index contributed by atoms with van der Waals surface area (Å²) in [6.45, 7) is 0. The van der Waals surface area contributed by atoms with E-state index in [1.165, 1.54) is 0 Å². The first-order valence-corrected chi connectivity index (χ1v) is 5.75. The molecular weight excluding hydrogens is 244 g/mol. The molecule has 0 aliphatic heterocycles. The number of benzene rings is 2. The maximum Gasteiger partial charge on any atom is 0.292 e. The molecule has 0 unspecified atom stereocenters. The van der Waals surface area contributed by atoms with Crippen molar-refractivity contribution in [1.82, 2.24) is 0 Å². The Labute approximate surface area is 111 Å². The van der Waals surface area contributed by atoms with Crippen LogP contribution in [0, 0.1) is 4.91 Å². The van der Waals surface area contributed by atoms with E-state index in [9.17, 15) is 4.91 Å². The predicted octanol–water partition coefficient (Wildman–Crippen LogP) is 3.14. The second kappa shape index (κ2) is 5.86. The Kier molecular flexibility index (Phi) is 3.97. The van der Waals surface area contributed by atoms with Crippen molar-refractivity contribution in [3.05, 3.63) is 53.4 Å². The van der Waals surface area contributed by atoms with Crippen molar-refractivity contribution >= 4 is 11.4 Å². The van der Waals surface area contributed by atoms with Gasteiger partial charge in [0.05, 0.1) is 19.1 Å². The highest BCUT2D eigenvalue weighted by molar-refractivity contribution is 5.45. The summed E-state index contributed by atoms with van der Waals surface area (Å²) in [4.78, 5) is 12.6. The van der Waals surface area contributed by atoms with Crippen LogP contribution in [0.1, 0.15) is 0 Å². The zero-order valence-corrected chi connectivity index (χ0v) is 10.8. The zero-order chi connectivity index (χ0) is 13.7. The van der Waals surface area contributed by atoms with Crippen molar-refractivity contribution in [2.45, 2.75) is 0 Å². The minimum atomic E-state index is 0.497. The SMILES string of the molecule is COc1ccc(N[N+](=O)c2ccc(OC)cc2)cc1. The van der Waals surface area contributed by atoms with Crippen LogP contribution >= 0.6 is 0 Å². The van der Waals surface area contributed by atoms with E-state index in [0.717, 1.165) is 5.75 Å². The summed E-state index contributed by atoms with van der Waals surface area (Å²) < 4.78 is 10.1. The molecule has 0 atom stereocenters. The number of ether oxygens (including phenoxy) is 2. The first-order chi connectivity index (χ1) is 9.22. The van der Waals surface area contributed by atoms with E-state index in [1.54, 1.807) is 62.8 Å². The topological polar surface area (TPSA) is 50.6 Å². The van der Waals surface area contributed by atoms with Gasteiger partial charge in [-0.3, -0.25) is 0 Å². The second-order valence-electron chi connectivity index (χ2n) is 3.83. The quantitative estimate of drug-likeness (QED) is 0.662. The molecule has 0 aliphatic carbocycles. The molecule has 1 N–H and O–H groups in total. The fourth-order valence-electron chi connectivity index (χ4n) is 1.56. The molecule has 0 aromatic heterocycles. The van der Waals surface area contributed by atoms with Crippen LogP contribution in [0.5, 0.6) is 11.5 Å². The molecule has 0 saturated carbocycles. The van der Waals surface area contributed by atoms with Gasteiger partial charge in [-0.05, 0) is 36.4 Å². The largest absolute Gasteiger partial charge is 0.497 e. The van der Waals surface area contributed by atoms with Gasteiger partial charge < -0.3 is 9.47 Å². The summed E-state index contributed by atoms with van der Waals surface area (Å²) in [5.41, 5.74) is 3.91. The summed E-state index contributed by atoms with van der Waals surface area (Å²) >= 11 is 0. The molecule has 19 heavy (non-hydrogen) atoms. The van der Waals surface area contributed by atoms with Gasteiger partial charge in [-0.1, -0.05) is 0 Å². The van der Waals surface area contributed by atoms with Crippen molar-refractivity contribution in [3.8, 4) is 11.5 Å². The van der Waals surface area contributed by atoms with Gasteiger partial charge in [0.2, 0.25) is 0 Å². The van der Waals surface area contributed by atoms with Gasteiger partial charge in [0.15, 0.2) is 4.87 Å².